The van der Waals surface area contributed by atoms with Crippen molar-refractivity contribution in [1.82, 2.24) is 9.62 Å². The normalized spacial score (nSPS) is 18.4. The molecule has 0 atom stereocenters. The van der Waals surface area contributed by atoms with Crippen LogP contribution in [0.4, 0.5) is 30.2 Å². The average molecular weight is 608 g/mol. The lowest BCUT2D eigenvalue weighted by molar-refractivity contribution is 0.180. The van der Waals surface area contributed by atoms with Crippen LogP contribution in [0.25, 0.3) is 0 Å². The molecule has 2 aliphatic rings. The van der Waals surface area contributed by atoms with Gasteiger partial charge in [0.2, 0.25) is 0 Å². The summed E-state index contributed by atoms with van der Waals surface area (Å²) in [5.41, 5.74) is -0.812. The molecule has 0 bridgehead atoms. The van der Waals surface area contributed by atoms with E-state index < -0.39 is 33.3 Å². The van der Waals surface area contributed by atoms with Gasteiger partial charge in [0.1, 0.15) is 11.5 Å². The summed E-state index contributed by atoms with van der Waals surface area (Å²) < 4.78 is 73.8. The molecule has 186 valence electrons. The molecule has 1 saturated carbocycles. The molecule has 0 aromatic heterocycles. The van der Waals surface area contributed by atoms with Gasteiger partial charge in [-0.15, -0.1) is 0 Å². The number of piperidine rings is 1. The van der Waals surface area contributed by atoms with Crippen LogP contribution in [0.1, 0.15) is 38.5 Å². The van der Waals surface area contributed by atoms with Gasteiger partial charge in [0.25, 0.3) is 10.2 Å². The Morgan fingerprint density at radius 3 is 2.29 bits per heavy atom. The van der Waals surface area contributed by atoms with Crippen molar-refractivity contribution >= 4 is 49.9 Å². The van der Waals surface area contributed by atoms with Crippen molar-refractivity contribution in [2.75, 3.05) is 29.7 Å². The van der Waals surface area contributed by atoms with E-state index in [9.17, 15) is 21.6 Å². The molecule has 0 unspecified atom stereocenters. The van der Waals surface area contributed by atoms with Crippen molar-refractivity contribution in [3.63, 3.8) is 0 Å². The predicted octanol–water partition coefficient (Wildman–Crippen LogP) is 5.35. The third kappa shape index (κ3) is 6.55. The van der Waals surface area contributed by atoms with Crippen molar-refractivity contribution in [3.8, 4) is 0 Å². The second-order valence-corrected chi connectivity index (χ2v) is 11.7. The fourth-order valence-electron chi connectivity index (χ4n) is 4.67. The number of hydrogen-bond donors (Lipinski definition) is 3. The summed E-state index contributed by atoms with van der Waals surface area (Å²) in [6.45, 7) is 2.69. The molecule has 2 aromatic rings. The Morgan fingerprint density at radius 1 is 0.941 bits per heavy atom. The summed E-state index contributed by atoms with van der Waals surface area (Å²) in [5, 5.41) is 2.49. The minimum atomic E-state index is -4.08. The molecule has 1 saturated heterocycles. The van der Waals surface area contributed by atoms with E-state index in [1.807, 2.05) is 22.6 Å². The highest BCUT2D eigenvalue weighted by Gasteiger charge is 2.27. The number of nitrogens with zero attached hydrogens (tertiary/aromatic N) is 1. The van der Waals surface area contributed by atoms with Gasteiger partial charge in [0.15, 0.2) is 11.6 Å². The standard InChI is InChI=1S/C23H28F3IN4O2S/c24-18-6-8-21(23(22(18)26)28-20-7-5-16(27)13-19(20)25)30-34(32,33)29-17-9-11-31(12-10-17)14-15-3-1-2-4-15/h5-8,13,15,17,28-30H,1-4,9-12,14H2. The zero-order valence-corrected chi connectivity index (χ0v) is 21.6. The van der Waals surface area contributed by atoms with E-state index in [4.69, 9.17) is 0 Å². The Morgan fingerprint density at radius 2 is 1.62 bits per heavy atom. The number of rotatable bonds is 8. The Balaban J connectivity index is 1.41. The van der Waals surface area contributed by atoms with Crippen molar-refractivity contribution in [3.05, 3.63) is 51.4 Å². The van der Waals surface area contributed by atoms with Crippen LogP contribution in [-0.2, 0) is 10.2 Å². The van der Waals surface area contributed by atoms with Crippen LogP contribution in [0, 0.1) is 26.9 Å². The van der Waals surface area contributed by atoms with Crippen molar-refractivity contribution in [2.45, 2.75) is 44.6 Å². The average Bonchev–Trinajstić information content (AvgIpc) is 3.29. The Kier molecular flexibility index (Phi) is 8.26. The van der Waals surface area contributed by atoms with E-state index in [-0.39, 0.29) is 17.4 Å². The predicted molar refractivity (Wildman–Crippen MR) is 136 cm³/mol. The van der Waals surface area contributed by atoms with Crippen LogP contribution in [0.15, 0.2) is 30.3 Å². The second kappa shape index (κ2) is 11.0. The van der Waals surface area contributed by atoms with E-state index in [1.54, 1.807) is 6.07 Å². The van der Waals surface area contributed by atoms with Crippen LogP contribution >= 0.6 is 22.6 Å². The first-order valence-corrected chi connectivity index (χ1v) is 14.0. The van der Waals surface area contributed by atoms with Gasteiger partial charge in [-0.25, -0.2) is 13.2 Å². The Bertz CT molecular complexity index is 1120. The summed E-state index contributed by atoms with van der Waals surface area (Å²) in [4.78, 5) is 2.39. The maximum absolute atomic E-state index is 14.6. The van der Waals surface area contributed by atoms with Gasteiger partial charge in [0.05, 0.1) is 11.4 Å². The minimum absolute atomic E-state index is 0.104. The quantitative estimate of drug-likeness (QED) is 0.354. The number of benzene rings is 2. The molecule has 2 aromatic carbocycles. The van der Waals surface area contributed by atoms with Gasteiger partial charge in [-0.3, -0.25) is 4.72 Å². The van der Waals surface area contributed by atoms with Crippen LogP contribution in [-0.4, -0.2) is 39.0 Å². The topological polar surface area (TPSA) is 73.5 Å². The SMILES string of the molecule is O=S(=O)(Nc1ccc(F)c(F)c1Nc1ccc(I)cc1F)NC1CCN(CC2CCCC2)CC1. The molecule has 1 aliphatic carbocycles. The number of nitrogens with one attached hydrogen (secondary N) is 3. The van der Waals surface area contributed by atoms with Crippen LogP contribution in [0.5, 0.6) is 0 Å². The highest BCUT2D eigenvalue weighted by Crippen LogP contribution is 2.32. The number of anilines is 3. The first-order valence-electron chi connectivity index (χ1n) is 11.4. The molecular formula is C23H28F3IN4O2S. The van der Waals surface area contributed by atoms with Gasteiger partial charge in [-0.1, -0.05) is 12.8 Å². The van der Waals surface area contributed by atoms with Gasteiger partial charge < -0.3 is 10.2 Å². The lowest BCUT2D eigenvalue weighted by Gasteiger charge is -2.33. The third-order valence-corrected chi connectivity index (χ3v) is 8.23. The van der Waals surface area contributed by atoms with E-state index >= 15 is 0 Å². The lowest BCUT2D eigenvalue weighted by atomic mass is 10.0. The van der Waals surface area contributed by atoms with Crippen molar-refractivity contribution in [2.24, 2.45) is 5.92 Å². The summed E-state index contributed by atoms with van der Waals surface area (Å²) in [6, 6.07) is 5.86. The number of hydrogen-bond acceptors (Lipinski definition) is 4. The molecular weight excluding hydrogens is 580 g/mol. The molecule has 4 rings (SSSR count). The molecule has 1 aliphatic heterocycles. The largest absolute Gasteiger partial charge is 0.349 e. The molecule has 1 heterocycles. The molecule has 11 heteroatoms. The third-order valence-electron chi connectivity index (χ3n) is 6.43. The second-order valence-electron chi connectivity index (χ2n) is 8.98. The highest BCUT2D eigenvalue weighted by atomic mass is 127. The monoisotopic (exact) mass is 608 g/mol. The van der Waals surface area contributed by atoms with E-state index in [0.717, 1.165) is 37.7 Å². The van der Waals surface area contributed by atoms with Gasteiger partial charge in [-0.2, -0.15) is 13.1 Å². The maximum Gasteiger partial charge on any atom is 0.299 e. The van der Waals surface area contributed by atoms with Crippen molar-refractivity contribution < 1.29 is 21.6 Å². The van der Waals surface area contributed by atoms with Gasteiger partial charge in [-0.05, 0) is 97.6 Å². The molecule has 0 amide bonds. The van der Waals surface area contributed by atoms with E-state index in [1.165, 1.54) is 37.8 Å². The highest BCUT2D eigenvalue weighted by molar-refractivity contribution is 14.1. The molecule has 0 radical (unpaired) electrons. The van der Waals surface area contributed by atoms with Gasteiger partial charge >= 0.3 is 0 Å². The Hall–Kier alpha value is -1.57. The zero-order chi connectivity index (χ0) is 24.3. The number of likely N-dealkylation sites (tertiary alicyclic amines) is 1. The summed E-state index contributed by atoms with van der Waals surface area (Å²) in [5.74, 6) is -2.42. The maximum atomic E-state index is 14.6. The molecule has 2 fully saturated rings. The smallest absolute Gasteiger partial charge is 0.299 e. The summed E-state index contributed by atoms with van der Waals surface area (Å²) in [6.07, 6.45) is 6.47. The number of halogens is 4. The Labute approximate surface area is 212 Å². The molecule has 6 nitrogen and oxygen atoms in total. The summed E-state index contributed by atoms with van der Waals surface area (Å²) >= 11 is 1.92. The first-order chi connectivity index (χ1) is 16.2. The minimum Gasteiger partial charge on any atom is -0.349 e. The van der Waals surface area contributed by atoms with E-state index in [2.05, 4.69) is 19.7 Å². The fraction of sp³-hybridized carbons (Fsp3) is 0.478. The fourth-order valence-corrected chi connectivity index (χ4v) is 6.31. The van der Waals surface area contributed by atoms with Crippen molar-refractivity contribution in [1.29, 1.82) is 0 Å². The van der Waals surface area contributed by atoms with Crippen LogP contribution < -0.4 is 14.8 Å². The molecule has 3 N–H and O–H groups in total. The molecule has 0 spiro atoms. The molecule has 34 heavy (non-hydrogen) atoms. The first kappa shape index (κ1) is 25.5. The van der Waals surface area contributed by atoms with Crippen LogP contribution in [0.3, 0.4) is 0 Å². The summed E-state index contributed by atoms with van der Waals surface area (Å²) in [7, 11) is -4.08. The zero-order valence-electron chi connectivity index (χ0n) is 18.6. The van der Waals surface area contributed by atoms with Crippen LogP contribution in [0.2, 0.25) is 0 Å². The lowest BCUT2D eigenvalue weighted by Crippen LogP contribution is -2.47. The van der Waals surface area contributed by atoms with E-state index in [0.29, 0.717) is 16.4 Å². The van der Waals surface area contributed by atoms with Gasteiger partial charge in [0, 0.05) is 16.2 Å².